The molecule has 0 aliphatic rings. The zero-order valence-electron chi connectivity index (χ0n) is 8.75. The van der Waals surface area contributed by atoms with Gasteiger partial charge in [-0.3, -0.25) is 0 Å². The van der Waals surface area contributed by atoms with Gasteiger partial charge in [0.15, 0.2) is 5.76 Å². The van der Waals surface area contributed by atoms with Gasteiger partial charge in [0.05, 0.1) is 6.26 Å². The van der Waals surface area contributed by atoms with E-state index in [2.05, 4.69) is 17.2 Å². The van der Waals surface area contributed by atoms with Crippen LogP contribution in [0, 0.1) is 0 Å². The van der Waals surface area contributed by atoms with Crippen LogP contribution in [0.4, 0.5) is 0 Å². The fourth-order valence-corrected chi connectivity index (χ4v) is 2.37. The van der Waals surface area contributed by atoms with Gasteiger partial charge in [0.1, 0.15) is 10.7 Å². The van der Waals surface area contributed by atoms with Crippen molar-refractivity contribution in [2.75, 3.05) is 0 Å². The van der Waals surface area contributed by atoms with Crippen LogP contribution in [0.2, 0.25) is 0 Å². The van der Waals surface area contributed by atoms with Crippen molar-refractivity contribution >= 4 is 11.3 Å². The second-order valence-corrected chi connectivity index (χ2v) is 4.44. The molecule has 3 nitrogen and oxygen atoms in total. The Morgan fingerprint density at radius 1 is 1.38 bits per heavy atom. The van der Waals surface area contributed by atoms with Gasteiger partial charge in [0, 0.05) is 30.4 Å². The van der Waals surface area contributed by atoms with Crippen LogP contribution in [0.5, 0.6) is 0 Å². The van der Waals surface area contributed by atoms with Crippen molar-refractivity contribution in [3.63, 3.8) is 0 Å². The van der Waals surface area contributed by atoms with Gasteiger partial charge >= 0.3 is 0 Å². The SMILES string of the molecule is Cn1ccc(-c2nc(-c3ccco3)cs2)c1. The number of rotatable bonds is 2. The zero-order valence-corrected chi connectivity index (χ0v) is 9.57. The van der Waals surface area contributed by atoms with E-state index < -0.39 is 0 Å². The van der Waals surface area contributed by atoms with E-state index in [0.717, 1.165) is 22.0 Å². The molecule has 0 N–H and O–H groups in total. The highest BCUT2D eigenvalue weighted by Crippen LogP contribution is 2.28. The van der Waals surface area contributed by atoms with E-state index in [9.17, 15) is 0 Å². The van der Waals surface area contributed by atoms with Gasteiger partial charge in [-0.2, -0.15) is 0 Å². The fourth-order valence-electron chi connectivity index (χ4n) is 1.57. The van der Waals surface area contributed by atoms with E-state index in [0.29, 0.717) is 0 Å². The fraction of sp³-hybridized carbons (Fsp3) is 0.0833. The Kier molecular flexibility index (Phi) is 2.15. The van der Waals surface area contributed by atoms with Gasteiger partial charge in [-0.05, 0) is 18.2 Å². The molecule has 3 aromatic heterocycles. The summed E-state index contributed by atoms with van der Waals surface area (Å²) < 4.78 is 7.33. The van der Waals surface area contributed by atoms with E-state index in [1.165, 1.54) is 0 Å². The predicted octanol–water partition coefficient (Wildman–Crippen LogP) is 3.41. The number of thiazole rings is 1. The van der Waals surface area contributed by atoms with Gasteiger partial charge in [-0.25, -0.2) is 4.98 Å². The first-order valence-corrected chi connectivity index (χ1v) is 5.82. The van der Waals surface area contributed by atoms with E-state index in [-0.39, 0.29) is 0 Å². The van der Waals surface area contributed by atoms with Crippen molar-refractivity contribution in [2.45, 2.75) is 0 Å². The molecule has 0 unspecified atom stereocenters. The van der Waals surface area contributed by atoms with Crippen LogP contribution in [0.15, 0.2) is 46.7 Å². The van der Waals surface area contributed by atoms with Crippen LogP contribution in [0.1, 0.15) is 0 Å². The first kappa shape index (κ1) is 9.42. The van der Waals surface area contributed by atoms with Gasteiger partial charge in [0.2, 0.25) is 0 Å². The lowest BCUT2D eigenvalue weighted by atomic mass is 10.3. The van der Waals surface area contributed by atoms with Crippen molar-refractivity contribution in [2.24, 2.45) is 7.05 Å². The molecule has 0 aliphatic heterocycles. The largest absolute Gasteiger partial charge is 0.463 e. The zero-order chi connectivity index (χ0) is 11.0. The van der Waals surface area contributed by atoms with Crippen LogP contribution in [0.3, 0.4) is 0 Å². The third kappa shape index (κ3) is 1.57. The number of furan rings is 1. The van der Waals surface area contributed by atoms with Gasteiger partial charge in [-0.15, -0.1) is 11.3 Å². The third-order valence-corrected chi connectivity index (χ3v) is 3.25. The molecule has 0 radical (unpaired) electrons. The van der Waals surface area contributed by atoms with Gasteiger partial charge in [-0.1, -0.05) is 0 Å². The summed E-state index contributed by atoms with van der Waals surface area (Å²) in [5.74, 6) is 0.818. The number of hydrogen-bond donors (Lipinski definition) is 0. The molecule has 0 atom stereocenters. The molecular formula is C12H10N2OS. The monoisotopic (exact) mass is 230 g/mol. The minimum atomic E-state index is 0.818. The Bertz CT molecular complexity index is 592. The standard InChI is InChI=1S/C12H10N2OS/c1-14-5-4-9(7-14)12-13-10(8-16-12)11-3-2-6-15-11/h2-8H,1H3. The molecule has 80 valence electrons. The molecule has 0 amide bonds. The number of aromatic nitrogens is 2. The Hall–Kier alpha value is -1.81. The smallest absolute Gasteiger partial charge is 0.153 e. The summed E-state index contributed by atoms with van der Waals surface area (Å²) >= 11 is 1.63. The van der Waals surface area contributed by atoms with Crippen molar-refractivity contribution in [3.05, 3.63) is 42.2 Å². The summed E-state index contributed by atoms with van der Waals surface area (Å²) in [6.07, 6.45) is 5.74. The second-order valence-electron chi connectivity index (χ2n) is 3.58. The lowest BCUT2D eigenvalue weighted by Gasteiger charge is -1.89. The summed E-state index contributed by atoms with van der Waals surface area (Å²) in [5, 5.41) is 3.04. The molecule has 0 aliphatic carbocycles. The highest BCUT2D eigenvalue weighted by molar-refractivity contribution is 7.13. The van der Waals surface area contributed by atoms with Crippen LogP contribution < -0.4 is 0 Å². The van der Waals surface area contributed by atoms with Crippen LogP contribution in [0.25, 0.3) is 22.0 Å². The average molecular weight is 230 g/mol. The maximum absolute atomic E-state index is 5.31. The van der Waals surface area contributed by atoms with Crippen LogP contribution in [-0.2, 0) is 7.05 Å². The predicted molar refractivity (Wildman–Crippen MR) is 64.2 cm³/mol. The molecular weight excluding hydrogens is 220 g/mol. The molecule has 3 aromatic rings. The molecule has 0 aromatic carbocycles. The van der Waals surface area contributed by atoms with Crippen molar-refractivity contribution in [1.29, 1.82) is 0 Å². The summed E-state index contributed by atoms with van der Waals surface area (Å²) in [7, 11) is 2.00. The highest BCUT2D eigenvalue weighted by Gasteiger charge is 2.08. The molecule has 0 spiro atoms. The quantitative estimate of drug-likeness (QED) is 0.675. The highest BCUT2D eigenvalue weighted by atomic mass is 32.1. The van der Waals surface area contributed by atoms with Crippen molar-refractivity contribution in [3.8, 4) is 22.0 Å². The van der Waals surface area contributed by atoms with Crippen molar-refractivity contribution in [1.82, 2.24) is 9.55 Å². The average Bonchev–Trinajstić information content (AvgIpc) is 2.97. The molecule has 0 saturated heterocycles. The molecule has 3 heterocycles. The maximum atomic E-state index is 5.31. The van der Waals surface area contributed by atoms with Crippen molar-refractivity contribution < 1.29 is 4.42 Å². The summed E-state index contributed by atoms with van der Waals surface area (Å²) in [5.41, 5.74) is 2.04. The molecule has 4 heteroatoms. The van der Waals surface area contributed by atoms with E-state index in [4.69, 9.17) is 4.42 Å². The minimum absolute atomic E-state index is 0.818. The lowest BCUT2D eigenvalue weighted by Crippen LogP contribution is -1.78. The first-order chi connectivity index (χ1) is 7.83. The normalized spacial score (nSPS) is 10.8. The first-order valence-electron chi connectivity index (χ1n) is 4.95. The van der Waals surface area contributed by atoms with E-state index in [1.807, 2.05) is 35.3 Å². The third-order valence-electron chi connectivity index (χ3n) is 2.36. The lowest BCUT2D eigenvalue weighted by molar-refractivity contribution is 0.580. The summed E-state index contributed by atoms with van der Waals surface area (Å²) in [6.45, 7) is 0. The van der Waals surface area contributed by atoms with Crippen LogP contribution in [-0.4, -0.2) is 9.55 Å². The Morgan fingerprint density at radius 3 is 3.00 bits per heavy atom. The van der Waals surface area contributed by atoms with E-state index in [1.54, 1.807) is 17.6 Å². The Labute approximate surface area is 97.0 Å². The molecule has 0 fully saturated rings. The number of nitrogens with zero attached hydrogens (tertiary/aromatic N) is 2. The minimum Gasteiger partial charge on any atom is -0.463 e. The molecule has 3 rings (SSSR count). The second kappa shape index (κ2) is 3.64. The number of hydrogen-bond acceptors (Lipinski definition) is 3. The molecule has 0 saturated carbocycles. The van der Waals surface area contributed by atoms with Gasteiger partial charge < -0.3 is 8.98 Å². The summed E-state index contributed by atoms with van der Waals surface area (Å²) in [6, 6.07) is 5.85. The van der Waals surface area contributed by atoms with Crippen LogP contribution >= 0.6 is 11.3 Å². The van der Waals surface area contributed by atoms with E-state index >= 15 is 0 Å². The maximum Gasteiger partial charge on any atom is 0.153 e. The van der Waals surface area contributed by atoms with Gasteiger partial charge in [0.25, 0.3) is 0 Å². The Morgan fingerprint density at radius 2 is 2.31 bits per heavy atom. The summed E-state index contributed by atoms with van der Waals surface area (Å²) in [4.78, 5) is 4.55. The Balaban J connectivity index is 2.00. The topological polar surface area (TPSA) is 31.0 Å². The molecule has 16 heavy (non-hydrogen) atoms. The molecule has 0 bridgehead atoms. The number of aryl methyl sites for hydroxylation is 1.